The van der Waals surface area contributed by atoms with Gasteiger partial charge in [-0.15, -0.1) is 10.2 Å². The first-order valence-electron chi connectivity index (χ1n) is 11.7. The third-order valence-electron chi connectivity index (χ3n) is 5.83. The fraction of sp³-hybridized carbons (Fsp3) is 0.231. The molecule has 0 aliphatic carbocycles. The molecule has 190 valence electrons. The smallest absolute Gasteiger partial charge is 0.311 e. The van der Waals surface area contributed by atoms with Crippen LogP contribution in [0.4, 0.5) is 11.4 Å². The Hall–Kier alpha value is -4.38. The van der Waals surface area contributed by atoms with Crippen LogP contribution < -0.4 is 15.4 Å². The van der Waals surface area contributed by atoms with Crippen molar-refractivity contribution in [1.82, 2.24) is 20.3 Å². The van der Waals surface area contributed by atoms with Crippen LogP contribution in [0.3, 0.4) is 0 Å². The molecule has 37 heavy (non-hydrogen) atoms. The summed E-state index contributed by atoms with van der Waals surface area (Å²) in [5, 5.41) is 26.0. The normalized spacial score (nSPS) is 10.8. The highest BCUT2D eigenvalue weighted by Crippen LogP contribution is 2.27. The summed E-state index contributed by atoms with van der Waals surface area (Å²) in [4.78, 5) is 24.9. The molecule has 11 heteroatoms. The Morgan fingerprint density at radius 2 is 1.81 bits per heavy atom. The van der Waals surface area contributed by atoms with E-state index >= 15 is 0 Å². The predicted octanol–water partition coefficient (Wildman–Crippen LogP) is 5.12. The van der Waals surface area contributed by atoms with Crippen LogP contribution in [0, 0.1) is 17.0 Å². The predicted molar refractivity (Wildman–Crippen MR) is 146 cm³/mol. The number of ether oxygens (including phenoxy) is 1. The van der Waals surface area contributed by atoms with E-state index in [9.17, 15) is 14.9 Å². The summed E-state index contributed by atoms with van der Waals surface area (Å²) in [5.74, 6) is -0.526. The summed E-state index contributed by atoms with van der Waals surface area (Å²) in [6.07, 6.45) is 3.35. The fourth-order valence-electron chi connectivity index (χ4n) is 3.80. The van der Waals surface area contributed by atoms with Gasteiger partial charge in [0, 0.05) is 17.3 Å². The lowest BCUT2D eigenvalue weighted by atomic mass is 10.1. The summed E-state index contributed by atoms with van der Waals surface area (Å²) in [6, 6.07) is 15.8. The monoisotopic (exact) mass is 518 g/mol. The maximum atomic E-state index is 12.6. The highest BCUT2D eigenvalue weighted by atomic mass is 32.1. The molecular formula is C26H26N6O4S. The summed E-state index contributed by atoms with van der Waals surface area (Å²) < 4.78 is 4.97. The van der Waals surface area contributed by atoms with E-state index in [1.807, 2.05) is 25.1 Å². The average Bonchev–Trinajstić information content (AvgIpc) is 3.30. The number of nitrogens with one attached hydrogen (secondary N) is 2. The third kappa shape index (κ3) is 5.89. The van der Waals surface area contributed by atoms with Crippen molar-refractivity contribution in [2.24, 2.45) is 0 Å². The Bertz CT molecular complexity index is 1480. The molecule has 4 rings (SSSR count). The van der Waals surface area contributed by atoms with Gasteiger partial charge in [-0.05, 0) is 79.5 Å². The summed E-state index contributed by atoms with van der Waals surface area (Å²) >= 11 is 5.31. The number of hydrogen-bond acceptors (Lipinski definition) is 7. The standard InChI is InChI=1S/C26H26N6O4S/c1-4-5-6-17-7-10-19(11-8-17)31-29-21-13-16(2)20(15-22(21)30-31)27-26(37)28-25(33)18-9-12-24(36-3)23(14-18)32(34)35/h7-15H,4-6H2,1-3H3,(H2,27,28,33,37). The molecule has 0 fully saturated rings. The van der Waals surface area contributed by atoms with E-state index in [4.69, 9.17) is 17.0 Å². The number of aryl methyl sites for hydroxylation is 2. The molecule has 10 nitrogen and oxygen atoms in total. The maximum absolute atomic E-state index is 12.6. The Balaban J connectivity index is 1.48. The minimum atomic E-state index is -0.612. The molecule has 0 aliphatic rings. The molecular weight excluding hydrogens is 492 g/mol. The molecule has 0 saturated heterocycles. The summed E-state index contributed by atoms with van der Waals surface area (Å²) in [5.41, 5.74) is 4.79. The zero-order valence-corrected chi connectivity index (χ0v) is 21.5. The van der Waals surface area contributed by atoms with Crippen molar-refractivity contribution in [3.05, 3.63) is 81.4 Å². The van der Waals surface area contributed by atoms with E-state index in [0.29, 0.717) is 11.2 Å². The molecule has 1 aromatic heterocycles. The van der Waals surface area contributed by atoms with Crippen LogP contribution in [0.25, 0.3) is 16.7 Å². The zero-order chi connectivity index (χ0) is 26.5. The highest BCUT2D eigenvalue weighted by molar-refractivity contribution is 7.80. The first-order chi connectivity index (χ1) is 17.8. The average molecular weight is 519 g/mol. The number of nitro benzene ring substituents is 1. The van der Waals surface area contributed by atoms with Crippen LogP contribution in [0.2, 0.25) is 0 Å². The minimum Gasteiger partial charge on any atom is -0.490 e. The van der Waals surface area contributed by atoms with E-state index < -0.39 is 10.8 Å². The molecule has 0 atom stereocenters. The van der Waals surface area contributed by atoms with Crippen molar-refractivity contribution >= 4 is 45.6 Å². The number of anilines is 1. The molecule has 3 aromatic carbocycles. The second-order valence-corrected chi connectivity index (χ2v) is 8.88. The van der Waals surface area contributed by atoms with Gasteiger partial charge in [-0.25, -0.2) is 0 Å². The molecule has 1 heterocycles. The second-order valence-electron chi connectivity index (χ2n) is 8.47. The van der Waals surface area contributed by atoms with Crippen molar-refractivity contribution in [2.75, 3.05) is 12.4 Å². The lowest BCUT2D eigenvalue weighted by Crippen LogP contribution is -2.34. The van der Waals surface area contributed by atoms with Crippen LogP contribution in [-0.4, -0.2) is 38.0 Å². The Kier molecular flexibility index (Phi) is 7.73. The SMILES string of the molecule is CCCCc1ccc(-n2nc3cc(C)c(NC(=S)NC(=O)c4ccc(OC)c([N+](=O)[O-])c4)cc3n2)cc1. The molecule has 1 amide bonds. The van der Waals surface area contributed by atoms with Gasteiger partial charge in [0.25, 0.3) is 5.91 Å². The van der Waals surface area contributed by atoms with Crippen LogP contribution in [0.5, 0.6) is 5.75 Å². The van der Waals surface area contributed by atoms with Crippen LogP contribution in [0.15, 0.2) is 54.6 Å². The fourth-order valence-corrected chi connectivity index (χ4v) is 4.00. The number of nitro groups is 1. The molecule has 0 unspecified atom stereocenters. The topological polar surface area (TPSA) is 124 Å². The van der Waals surface area contributed by atoms with Crippen molar-refractivity contribution in [2.45, 2.75) is 33.1 Å². The second kappa shape index (κ2) is 11.1. The van der Waals surface area contributed by atoms with Gasteiger partial charge in [0.1, 0.15) is 11.0 Å². The summed E-state index contributed by atoms with van der Waals surface area (Å²) in [7, 11) is 1.32. The van der Waals surface area contributed by atoms with Gasteiger partial charge < -0.3 is 10.1 Å². The molecule has 0 spiro atoms. The number of nitrogens with zero attached hydrogens (tertiary/aromatic N) is 4. The number of fused-ring (bicyclic) bond motifs is 1. The van der Waals surface area contributed by atoms with Crippen molar-refractivity contribution in [1.29, 1.82) is 0 Å². The number of benzene rings is 3. The lowest BCUT2D eigenvalue weighted by Gasteiger charge is -2.12. The van der Waals surface area contributed by atoms with E-state index in [0.717, 1.165) is 42.1 Å². The number of rotatable bonds is 8. The third-order valence-corrected chi connectivity index (χ3v) is 6.03. The zero-order valence-electron chi connectivity index (χ0n) is 20.6. The van der Waals surface area contributed by atoms with Gasteiger partial charge in [-0.3, -0.25) is 20.2 Å². The first kappa shape index (κ1) is 25.7. The van der Waals surface area contributed by atoms with E-state index in [-0.39, 0.29) is 22.1 Å². The lowest BCUT2D eigenvalue weighted by molar-refractivity contribution is -0.385. The number of aromatic nitrogens is 3. The van der Waals surface area contributed by atoms with Crippen molar-refractivity contribution in [3.8, 4) is 11.4 Å². The summed E-state index contributed by atoms with van der Waals surface area (Å²) in [6.45, 7) is 4.06. The van der Waals surface area contributed by atoms with E-state index in [1.54, 1.807) is 10.9 Å². The molecule has 0 aliphatic heterocycles. The Morgan fingerprint density at radius 3 is 2.46 bits per heavy atom. The Labute approximate surface area is 218 Å². The van der Waals surface area contributed by atoms with Crippen LogP contribution >= 0.6 is 12.2 Å². The number of amides is 1. The van der Waals surface area contributed by atoms with Gasteiger partial charge >= 0.3 is 5.69 Å². The number of unbranched alkanes of at least 4 members (excludes halogenated alkanes) is 1. The quantitative estimate of drug-likeness (QED) is 0.187. The van der Waals surface area contributed by atoms with Gasteiger partial charge in [0.2, 0.25) is 0 Å². The number of carbonyl (C=O) groups excluding carboxylic acids is 1. The molecule has 2 N–H and O–H groups in total. The van der Waals surface area contributed by atoms with E-state index in [1.165, 1.54) is 24.8 Å². The van der Waals surface area contributed by atoms with Gasteiger partial charge in [-0.1, -0.05) is 25.5 Å². The molecule has 0 radical (unpaired) electrons. The van der Waals surface area contributed by atoms with Gasteiger partial charge in [0.05, 0.1) is 17.7 Å². The maximum Gasteiger partial charge on any atom is 0.311 e. The van der Waals surface area contributed by atoms with Crippen molar-refractivity contribution in [3.63, 3.8) is 0 Å². The number of carbonyl (C=O) groups is 1. The van der Waals surface area contributed by atoms with Crippen LogP contribution in [-0.2, 0) is 6.42 Å². The van der Waals surface area contributed by atoms with Gasteiger partial charge in [-0.2, -0.15) is 4.80 Å². The largest absolute Gasteiger partial charge is 0.490 e. The molecule has 0 bridgehead atoms. The van der Waals surface area contributed by atoms with Crippen LogP contribution in [0.1, 0.15) is 41.3 Å². The minimum absolute atomic E-state index is 0.0426. The van der Waals surface area contributed by atoms with E-state index in [2.05, 4.69) is 39.9 Å². The molecule has 4 aromatic rings. The first-order valence-corrected chi connectivity index (χ1v) is 12.1. The number of thiocarbonyl (C=S) groups is 1. The Morgan fingerprint density at radius 1 is 1.11 bits per heavy atom. The molecule has 0 saturated carbocycles. The van der Waals surface area contributed by atoms with Crippen molar-refractivity contribution < 1.29 is 14.5 Å². The number of hydrogen-bond donors (Lipinski definition) is 2. The number of methoxy groups -OCH3 is 1. The highest BCUT2D eigenvalue weighted by Gasteiger charge is 2.19. The van der Waals surface area contributed by atoms with Gasteiger partial charge in [0.15, 0.2) is 10.9 Å².